The standard InChI is InChI=1S/C45H57F3N6O5.C8H11NO2/c1-29(2)40(52(5)6)42(56)51-36(43(57)54-20-8-7-19-50-54)23-30-12-9-13-31(22-30)32-16-17-37-34(24-32)35(25-44(3,4)27-58-28-55)41(53(37)26-45(46,47)48)33-14-10-18-49-39(33)38-15-11-21-59-38;1-2-8(11)9-4-3-7(5-9)6-10/h9-10,12-14,16-18,22,24,28-29,36,38,40,50H,7-8,11,15,19-21,23,25-27H2,1-6H3,(H,51,56);2,6-7H,1,3-5H2. The van der Waals surface area contributed by atoms with E-state index >= 15 is 0 Å². The van der Waals surface area contributed by atoms with Gasteiger partial charge < -0.3 is 29.1 Å². The Kier molecular flexibility index (Phi) is 18.2. The van der Waals surface area contributed by atoms with Crippen molar-refractivity contribution in [2.45, 2.75) is 104 Å². The number of likely N-dealkylation sites (N-methyl/N-ethyl adjacent to an activating group) is 1. The van der Waals surface area contributed by atoms with E-state index in [0.717, 1.165) is 48.7 Å². The summed E-state index contributed by atoms with van der Waals surface area (Å²) >= 11 is 0. The molecule has 3 amide bonds. The number of nitrogens with zero attached hydrogens (tertiary/aromatic N) is 5. The van der Waals surface area contributed by atoms with Gasteiger partial charge in [0.05, 0.1) is 24.0 Å². The van der Waals surface area contributed by atoms with E-state index in [1.54, 1.807) is 28.2 Å². The summed E-state index contributed by atoms with van der Waals surface area (Å²) in [6, 6.07) is 15.4. The lowest BCUT2D eigenvalue weighted by Gasteiger charge is -2.33. The van der Waals surface area contributed by atoms with Crippen molar-refractivity contribution >= 4 is 41.4 Å². The number of halogens is 3. The van der Waals surface area contributed by atoms with Crippen LogP contribution in [0, 0.1) is 17.3 Å². The number of alkyl halides is 3. The Morgan fingerprint density at radius 2 is 1.79 bits per heavy atom. The van der Waals surface area contributed by atoms with Crippen LogP contribution in [0.2, 0.25) is 0 Å². The van der Waals surface area contributed by atoms with E-state index in [1.807, 2.05) is 89.2 Å². The number of amides is 3. The van der Waals surface area contributed by atoms with Gasteiger partial charge in [0.2, 0.25) is 11.8 Å². The van der Waals surface area contributed by atoms with Gasteiger partial charge in [-0.05, 0) is 111 Å². The molecule has 14 nitrogen and oxygen atoms in total. The molecule has 70 heavy (non-hydrogen) atoms. The number of pyridine rings is 1. The van der Waals surface area contributed by atoms with Crippen LogP contribution >= 0.6 is 0 Å². The molecule has 378 valence electrons. The minimum Gasteiger partial charge on any atom is -0.467 e. The van der Waals surface area contributed by atoms with Gasteiger partial charge in [-0.25, -0.2) is 5.43 Å². The first kappa shape index (κ1) is 53.4. The number of hydrogen-bond donors (Lipinski definition) is 2. The normalized spacial score (nSPS) is 18.3. The highest BCUT2D eigenvalue weighted by molar-refractivity contribution is 5.95. The van der Waals surface area contributed by atoms with E-state index in [4.69, 9.17) is 9.47 Å². The Bertz CT molecular complexity index is 2470. The maximum absolute atomic E-state index is 14.6. The second-order valence-electron chi connectivity index (χ2n) is 19.8. The second kappa shape index (κ2) is 23.8. The zero-order valence-corrected chi connectivity index (χ0v) is 41.2. The highest BCUT2D eigenvalue weighted by atomic mass is 19.4. The lowest BCUT2D eigenvalue weighted by molar-refractivity contribution is -0.141. The van der Waals surface area contributed by atoms with Crippen LogP contribution in [0.5, 0.6) is 0 Å². The maximum atomic E-state index is 14.6. The van der Waals surface area contributed by atoms with Gasteiger partial charge in [0.15, 0.2) is 0 Å². The van der Waals surface area contributed by atoms with E-state index in [-0.39, 0.29) is 48.7 Å². The van der Waals surface area contributed by atoms with Gasteiger partial charge >= 0.3 is 6.18 Å². The minimum atomic E-state index is -4.54. The molecule has 0 saturated carbocycles. The van der Waals surface area contributed by atoms with Crippen molar-refractivity contribution in [2.75, 3.05) is 53.5 Å². The van der Waals surface area contributed by atoms with Crippen molar-refractivity contribution in [1.29, 1.82) is 0 Å². The first-order valence-corrected chi connectivity index (χ1v) is 24.2. The third-order valence-electron chi connectivity index (χ3n) is 13.1. The van der Waals surface area contributed by atoms with Gasteiger partial charge in [-0.1, -0.05) is 64.6 Å². The van der Waals surface area contributed by atoms with Crippen molar-refractivity contribution in [3.8, 4) is 22.4 Å². The average Bonchev–Trinajstić information content (AvgIpc) is 4.11. The molecule has 5 heterocycles. The van der Waals surface area contributed by atoms with Crippen LogP contribution in [0.1, 0.15) is 82.7 Å². The Morgan fingerprint density at radius 3 is 2.41 bits per heavy atom. The quantitative estimate of drug-likeness (QED) is 0.0758. The van der Waals surface area contributed by atoms with E-state index in [2.05, 4.69) is 22.3 Å². The SMILES string of the molecule is C=CC(=O)N1CCC(C=O)C1.CC(C)C(C(=O)NC(Cc1cccc(-c2ccc3c(c2)c(CC(C)(C)COC=O)c(-c2cccnc2C2CCCO2)n3CC(F)(F)F)c1)C(=O)N1CCCCN1)N(C)C. The molecule has 0 radical (unpaired) electrons. The van der Waals surface area contributed by atoms with Crippen molar-refractivity contribution in [2.24, 2.45) is 17.3 Å². The number of aromatic nitrogens is 2. The summed E-state index contributed by atoms with van der Waals surface area (Å²) in [5.41, 5.74) is 7.56. The predicted molar refractivity (Wildman–Crippen MR) is 262 cm³/mol. The molecule has 4 atom stereocenters. The number of rotatable bonds is 18. The molecule has 3 aliphatic heterocycles. The molecule has 2 N–H and O–H groups in total. The monoisotopic (exact) mass is 972 g/mol. The van der Waals surface area contributed by atoms with Crippen LogP contribution in [0.25, 0.3) is 33.3 Å². The number of carbonyl (C=O) groups is 5. The molecule has 0 bridgehead atoms. The van der Waals surface area contributed by atoms with Gasteiger partial charge in [-0.15, -0.1) is 0 Å². The van der Waals surface area contributed by atoms with Gasteiger partial charge in [0.25, 0.3) is 12.4 Å². The summed E-state index contributed by atoms with van der Waals surface area (Å²) in [5, 5.41) is 5.30. The molecular weight excluding hydrogens is 904 g/mol. The third-order valence-corrected chi connectivity index (χ3v) is 13.1. The summed E-state index contributed by atoms with van der Waals surface area (Å²) < 4.78 is 56.3. The highest BCUT2D eigenvalue weighted by Gasteiger charge is 2.36. The molecule has 3 saturated heterocycles. The smallest absolute Gasteiger partial charge is 0.406 e. The first-order valence-electron chi connectivity index (χ1n) is 24.2. The number of hydrazine groups is 1. The number of hydrogen-bond acceptors (Lipinski definition) is 10. The van der Waals surface area contributed by atoms with Crippen molar-refractivity contribution in [3.05, 3.63) is 90.3 Å². The molecule has 4 unspecified atom stereocenters. The Balaban J connectivity index is 0.000000643. The van der Waals surface area contributed by atoms with E-state index in [1.165, 1.54) is 10.6 Å². The van der Waals surface area contributed by atoms with Crippen molar-refractivity contribution < 1.29 is 46.6 Å². The number of likely N-dealkylation sites (tertiary alicyclic amines) is 1. The molecule has 0 aliphatic carbocycles. The minimum absolute atomic E-state index is 0.00687. The summed E-state index contributed by atoms with van der Waals surface area (Å²) in [6.45, 7) is 13.4. The van der Waals surface area contributed by atoms with Gasteiger partial charge in [0, 0.05) is 73.2 Å². The van der Waals surface area contributed by atoms with Crippen LogP contribution in [0.3, 0.4) is 0 Å². The summed E-state index contributed by atoms with van der Waals surface area (Å²) in [7, 11) is 3.69. The van der Waals surface area contributed by atoms with Crippen LogP contribution in [0.4, 0.5) is 13.2 Å². The molecule has 2 aromatic heterocycles. The van der Waals surface area contributed by atoms with E-state index < -0.39 is 30.2 Å². The number of carbonyl (C=O) groups excluding carboxylic acids is 5. The van der Waals surface area contributed by atoms with Crippen LogP contribution in [0.15, 0.2) is 73.4 Å². The molecule has 3 aliphatic rings. The van der Waals surface area contributed by atoms with Crippen molar-refractivity contribution in [1.82, 2.24) is 35.1 Å². The van der Waals surface area contributed by atoms with Gasteiger partial charge in [-0.3, -0.25) is 34.1 Å². The van der Waals surface area contributed by atoms with E-state index in [9.17, 15) is 37.1 Å². The van der Waals surface area contributed by atoms with Gasteiger partial charge in [-0.2, -0.15) is 13.2 Å². The average molecular weight is 972 g/mol. The van der Waals surface area contributed by atoms with Crippen LogP contribution < -0.4 is 10.7 Å². The third kappa shape index (κ3) is 13.5. The number of nitrogens with one attached hydrogen (secondary N) is 2. The van der Waals surface area contributed by atoms with E-state index in [0.29, 0.717) is 85.5 Å². The Labute approximate surface area is 408 Å². The highest BCUT2D eigenvalue weighted by Crippen LogP contribution is 2.44. The number of ether oxygens (including phenoxy) is 2. The Hall–Kier alpha value is -5.91. The summed E-state index contributed by atoms with van der Waals surface area (Å²) in [4.78, 5) is 68.4. The lowest BCUT2D eigenvalue weighted by Crippen LogP contribution is -2.58. The first-order chi connectivity index (χ1) is 33.3. The second-order valence-corrected chi connectivity index (χ2v) is 19.8. The fraction of sp³-hybridized carbons (Fsp3) is 0.509. The number of benzene rings is 2. The predicted octanol–water partition coefficient (Wildman–Crippen LogP) is 7.49. The zero-order valence-electron chi connectivity index (χ0n) is 41.2. The fourth-order valence-corrected chi connectivity index (χ4v) is 9.89. The molecule has 0 spiro atoms. The summed E-state index contributed by atoms with van der Waals surface area (Å²) in [6.07, 6.45) is 3.59. The molecule has 3 fully saturated rings. The summed E-state index contributed by atoms with van der Waals surface area (Å²) in [5.74, 6) is -0.472. The van der Waals surface area contributed by atoms with Crippen molar-refractivity contribution in [3.63, 3.8) is 0 Å². The molecular formula is C53H68F3N7O7. The maximum Gasteiger partial charge on any atom is 0.406 e. The topological polar surface area (TPSA) is 155 Å². The van der Waals surface area contributed by atoms with Crippen LogP contribution in [-0.2, 0) is 52.8 Å². The van der Waals surface area contributed by atoms with Crippen LogP contribution in [-0.4, -0.2) is 127 Å². The lowest BCUT2D eigenvalue weighted by atomic mass is 9.84. The molecule has 4 aromatic rings. The molecule has 17 heteroatoms. The zero-order chi connectivity index (χ0) is 50.8. The number of fused-ring (bicyclic) bond motifs is 1. The molecule has 2 aromatic carbocycles. The fourth-order valence-electron chi connectivity index (χ4n) is 9.89. The number of aldehydes is 1. The molecule has 7 rings (SSSR count). The van der Waals surface area contributed by atoms with Gasteiger partial charge in [0.1, 0.15) is 25.0 Å². The largest absolute Gasteiger partial charge is 0.467 e. The Morgan fingerprint density at radius 1 is 1.01 bits per heavy atom.